The zero-order valence-corrected chi connectivity index (χ0v) is 16.2. The number of hydrogen-bond acceptors (Lipinski definition) is 3. The van der Waals surface area contributed by atoms with Crippen LogP contribution < -0.4 is 10.6 Å². The van der Waals surface area contributed by atoms with E-state index in [0.29, 0.717) is 6.10 Å². The highest BCUT2D eigenvalue weighted by atomic mass is 16.5. The van der Waals surface area contributed by atoms with E-state index in [0.717, 1.165) is 38.6 Å². The summed E-state index contributed by atoms with van der Waals surface area (Å²) >= 11 is 0. The molecule has 1 aromatic carbocycles. The summed E-state index contributed by atoms with van der Waals surface area (Å²) in [6.45, 7) is 3.19. The molecule has 0 saturated heterocycles. The molecule has 0 radical (unpaired) electrons. The second-order valence-electron chi connectivity index (χ2n) is 6.96. The van der Waals surface area contributed by atoms with E-state index in [1.54, 1.807) is 7.05 Å². The molecule has 1 aliphatic rings. The van der Waals surface area contributed by atoms with Gasteiger partial charge in [-0.25, -0.2) is 0 Å². The fraction of sp³-hybridized carbons (Fsp3) is 0.524. The van der Waals surface area contributed by atoms with Crippen molar-refractivity contribution in [3.63, 3.8) is 0 Å². The van der Waals surface area contributed by atoms with Crippen LogP contribution in [0.4, 0.5) is 0 Å². The molecule has 27 heavy (non-hydrogen) atoms. The van der Waals surface area contributed by atoms with E-state index in [1.165, 1.54) is 36.8 Å². The van der Waals surface area contributed by atoms with Gasteiger partial charge in [0.25, 0.3) is 0 Å². The van der Waals surface area contributed by atoms with E-state index in [2.05, 4.69) is 45.0 Å². The van der Waals surface area contributed by atoms with Crippen LogP contribution in [0.5, 0.6) is 0 Å². The van der Waals surface area contributed by atoms with Crippen LogP contribution in [0.25, 0.3) is 0 Å². The number of aliphatic imine (C=N–C) groups is 1. The van der Waals surface area contributed by atoms with E-state index in [1.807, 2.05) is 23.1 Å². The van der Waals surface area contributed by atoms with Gasteiger partial charge >= 0.3 is 0 Å². The van der Waals surface area contributed by atoms with Gasteiger partial charge in [-0.05, 0) is 36.5 Å². The number of guanidine groups is 1. The molecule has 1 aromatic heterocycles. The van der Waals surface area contributed by atoms with Crippen LogP contribution in [0.1, 0.15) is 43.2 Å². The van der Waals surface area contributed by atoms with E-state index in [-0.39, 0.29) is 0 Å². The Kier molecular flexibility index (Phi) is 7.71. The van der Waals surface area contributed by atoms with Gasteiger partial charge in [-0.3, -0.25) is 9.67 Å². The average molecular weight is 370 g/mol. The molecule has 0 bridgehead atoms. The van der Waals surface area contributed by atoms with Crippen LogP contribution >= 0.6 is 0 Å². The lowest BCUT2D eigenvalue weighted by molar-refractivity contribution is 0.0574. The number of benzene rings is 1. The molecule has 6 heteroatoms. The first-order chi connectivity index (χ1) is 13.3. The number of ether oxygens (including phenoxy) is 1. The van der Waals surface area contributed by atoms with Crippen LogP contribution in [0, 0.1) is 0 Å². The van der Waals surface area contributed by atoms with Gasteiger partial charge in [0.1, 0.15) is 0 Å². The normalized spacial score (nSPS) is 15.2. The summed E-state index contributed by atoms with van der Waals surface area (Å²) in [4.78, 5) is 4.32. The van der Waals surface area contributed by atoms with Crippen molar-refractivity contribution < 1.29 is 4.74 Å². The second kappa shape index (κ2) is 10.7. The molecule has 6 nitrogen and oxygen atoms in total. The highest BCUT2D eigenvalue weighted by molar-refractivity contribution is 5.79. The Morgan fingerprint density at radius 3 is 2.74 bits per heavy atom. The van der Waals surface area contributed by atoms with Crippen molar-refractivity contribution in [2.75, 3.05) is 20.2 Å². The monoisotopic (exact) mass is 369 g/mol. The average Bonchev–Trinajstić information content (AvgIpc) is 3.39. The molecular weight excluding hydrogens is 338 g/mol. The highest BCUT2D eigenvalue weighted by Crippen LogP contribution is 2.20. The van der Waals surface area contributed by atoms with Crippen molar-refractivity contribution >= 4 is 5.96 Å². The highest BCUT2D eigenvalue weighted by Gasteiger charge is 2.14. The number of nitrogens with one attached hydrogen (secondary N) is 2. The molecule has 0 amide bonds. The van der Waals surface area contributed by atoms with Gasteiger partial charge in [0.05, 0.1) is 12.6 Å². The van der Waals surface area contributed by atoms with Crippen LogP contribution in [0.3, 0.4) is 0 Å². The maximum absolute atomic E-state index is 5.90. The van der Waals surface area contributed by atoms with Crippen molar-refractivity contribution in [3.05, 3.63) is 53.9 Å². The van der Waals surface area contributed by atoms with Gasteiger partial charge < -0.3 is 15.4 Å². The molecule has 2 aromatic rings. The van der Waals surface area contributed by atoms with Crippen LogP contribution in [0.2, 0.25) is 0 Å². The lowest BCUT2D eigenvalue weighted by Crippen LogP contribution is -2.37. The first-order valence-electron chi connectivity index (χ1n) is 9.95. The molecule has 3 rings (SSSR count). The van der Waals surface area contributed by atoms with Crippen LogP contribution in [0.15, 0.2) is 47.7 Å². The Hall–Kier alpha value is -2.34. The third-order valence-electron chi connectivity index (χ3n) is 4.95. The third kappa shape index (κ3) is 6.40. The van der Waals surface area contributed by atoms with Gasteiger partial charge in [0.2, 0.25) is 0 Å². The number of hydrogen-bond donors (Lipinski definition) is 2. The minimum atomic E-state index is 0.494. The maximum Gasteiger partial charge on any atom is 0.191 e. The smallest absolute Gasteiger partial charge is 0.191 e. The molecule has 1 fully saturated rings. The Labute approximate surface area is 162 Å². The Morgan fingerprint density at radius 2 is 2.00 bits per heavy atom. The fourth-order valence-electron chi connectivity index (χ4n) is 3.44. The summed E-state index contributed by atoms with van der Waals surface area (Å²) in [6.07, 6.45) is 10.4. The SMILES string of the molecule is CN=C(NCCCOC1CCCC1)NCc1ccccc1Cn1cccn1. The number of rotatable bonds is 9. The maximum atomic E-state index is 5.90. The van der Waals surface area contributed by atoms with Gasteiger partial charge in [-0.2, -0.15) is 5.10 Å². The topological polar surface area (TPSA) is 63.5 Å². The standard InChI is InChI=1S/C21H31N5O/c1-22-21(23-12-7-15-27-20-10-4-5-11-20)24-16-18-8-2-3-9-19(18)17-26-14-6-13-25-26/h2-3,6,8-9,13-14,20H,4-5,7,10-12,15-17H2,1H3,(H2,22,23,24). The van der Waals surface area contributed by atoms with Crippen molar-refractivity contribution in [2.45, 2.75) is 51.3 Å². The zero-order chi connectivity index (χ0) is 18.7. The van der Waals surface area contributed by atoms with E-state index >= 15 is 0 Å². The minimum Gasteiger partial charge on any atom is -0.378 e. The van der Waals surface area contributed by atoms with Crippen LogP contribution in [-0.2, 0) is 17.8 Å². The lowest BCUT2D eigenvalue weighted by atomic mass is 10.1. The van der Waals surface area contributed by atoms with Gasteiger partial charge in [-0.15, -0.1) is 0 Å². The molecule has 0 spiro atoms. The predicted octanol–water partition coefficient (Wildman–Crippen LogP) is 2.95. The number of nitrogens with zero attached hydrogens (tertiary/aromatic N) is 3. The Bertz CT molecular complexity index is 692. The molecule has 0 unspecified atom stereocenters. The first-order valence-corrected chi connectivity index (χ1v) is 9.95. The zero-order valence-electron chi connectivity index (χ0n) is 16.2. The summed E-state index contributed by atoms with van der Waals surface area (Å²) in [5.74, 6) is 0.824. The molecule has 1 heterocycles. The Morgan fingerprint density at radius 1 is 1.19 bits per heavy atom. The second-order valence-corrected chi connectivity index (χ2v) is 6.96. The van der Waals surface area contributed by atoms with Gasteiger partial charge in [0.15, 0.2) is 5.96 Å². The van der Waals surface area contributed by atoms with Gasteiger partial charge in [0, 0.05) is 39.1 Å². The molecule has 146 valence electrons. The molecule has 0 aliphatic heterocycles. The van der Waals surface area contributed by atoms with Crippen molar-refractivity contribution in [2.24, 2.45) is 4.99 Å². The van der Waals surface area contributed by atoms with Gasteiger partial charge in [-0.1, -0.05) is 37.1 Å². The first kappa shape index (κ1) is 19.4. The third-order valence-corrected chi connectivity index (χ3v) is 4.95. The summed E-state index contributed by atoms with van der Waals surface area (Å²) in [5.41, 5.74) is 2.51. The van der Waals surface area contributed by atoms with E-state index in [4.69, 9.17) is 4.74 Å². The van der Waals surface area contributed by atoms with Crippen molar-refractivity contribution in [1.29, 1.82) is 0 Å². The van der Waals surface area contributed by atoms with E-state index in [9.17, 15) is 0 Å². The summed E-state index contributed by atoms with van der Waals surface area (Å²) < 4.78 is 7.85. The molecular formula is C21H31N5O. The predicted molar refractivity (Wildman–Crippen MR) is 109 cm³/mol. The molecule has 1 aliphatic carbocycles. The lowest BCUT2D eigenvalue weighted by Gasteiger charge is -2.15. The van der Waals surface area contributed by atoms with E-state index < -0.39 is 0 Å². The summed E-state index contributed by atoms with van der Waals surface area (Å²) in [5, 5.41) is 11.1. The Balaban J connectivity index is 1.40. The number of aromatic nitrogens is 2. The summed E-state index contributed by atoms with van der Waals surface area (Å²) in [7, 11) is 1.81. The van der Waals surface area contributed by atoms with Crippen LogP contribution in [-0.4, -0.2) is 42.0 Å². The van der Waals surface area contributed by atoms with Crippen molar-refractivity contribution in [3.8, 4) is 0 Å². The largest absolute Gasteiger partial charge is 0.378 e. The minimum absolute atomic E-state index is 0.494. The fourth-order valence-corrected chi connectivity index (χ4v) is 3.44. The van der Waals surface area contributed by atoms with Crippen molar-refractivity contribution in [1.82, 2.24) is 20.4 Å². The molecule has 1 saturated carbocycles. The quantitative estimate of drug-likeness (QED) is 0.405. The summed E-state index contributed by atoms with van der Waals surface area (Å²) in [6, 6.07) is 10.4. The molecule has 0 atom stereocenters. The molecule has 2 N–H and O–H groups in total.